The van der Waals surface area contributed by atoms with E-state index in [1.54, 1.807) is 18.2 Å². The van der Waals surface area contributed by atoms with Crippen molar-refractivity contribution in [2.24, 2.45) is 5.92 Å². The zero-order valence-corrected chi connectivity index (χ0v) is 15.9. The molecular weight excluding hydrogens is 403 g/mol. The molecule has 1 aliphatic heterocycles. The highest BCUT2D eigenvalue weighted by Gasteiger charge is 2.39. The summed E-state index contributed by atoms with van der Waals surface area (Å²) in [5.74, 6) is -3.60. The van der Waals surface area contributed by atoms with Gasteiger partial charge in [-0.25, -0.2) is 14.1 Å². The Morgan fingerprint density at radius 3 is 2.48 bits per heavy atom. The molecule has 2 aromatic carbocycles. The zero-order valence-electron chi connectivity index (χ0n) is 15.2. The van der Waals surface area contributed by atoms with E-state index in [0.717, 1.165) is 17.0 Å². The van der Waals surface area contributed by atoms with Crippen molar-refractivity contribution in [2.75, 3.05) is 22.1 Å². The molecule has 1 atom stereocenters. The Hall–Kier alpha value is -3.46. The molecule has 0 spiro atoms. The summed E-state index contributed by atoms with van der Waals surface area (Å²) in [6.07, 6.45) is 0. The third-order valence-corrected chi connectivity index (χ3v) is 4.40. The Morgan fingerprint density at radius 1 is 1.14 bits per heavy atom. The molecular formula is C19H16ClFN4O4. The van der Waals surface area contributed by atoms with Crippen LogP contribution in [0.2, 0.25) is 5.02 Å². The molecule has 1 heterocycles. The molecule has 1 fully saturated rings. The van der Waals surface area contributed by atoms with Crippen LogP contribution in [-0.2, 0) is 14.4 Å². The molecule has 1 aliphatic rings. The number of urea groups is 1. The van der Waals surface area contributed by atoms with Crippen molar-refractivity contribution >= 4 is 52.4 Å². The van der Waals surface area contributed by atoms with Gasteiger partial charge in [-0.3, -0.25) is 14.4 Å². The maximum absolute atomic E-state index is 13.4. The summed E-state index contributed by atoms with van der Waals surface area (Å²) in [5.41, 5.74) is 0.882. The van der Waals surface area contributed by atoms with Gasteiger partial charge in [-0.1, -0.05) is 17.7 Å². The highest BCUT2D eigenvalue weighted by molar-refractivity contribution is 6.31. The third kappa shape index (κ3) is 4.52. The van der Waals surface area contributed by atoms with Crippen LogP contribution < -0.4 is 20.9 Å². The molecule has 1 saturated heterocycles. The summed E-state index contributed by atoms with van der Waals surface area (Å²) in [7, 11) is 0. The zero-order chi connectivity index (χ0) is 21.1. The van der Waals surface area contributed by atoms with Gasteiger partial charge in [0.2, 0.25) is 17.7 Å². The molecule has 0 aliphatic carbocycles. The number of carbonyl (C=O) groups is 4. The van der Waals surface area contributed by atoms with Crippen LogP contribution in [0.1, 0.15) is 6.92 Å². The smallest absolute Gasteiger partial charge is 0.328 e. The molecule has 8 nitrogen and oxygen atoms in total. The Kier molecular flexibility index (Phi) is 5.79. The Balaban J connectivity index is 1.79. The first-order valence-corrected chi connectivity index (χ1v) is 8.89. The normalized spacial score (nSPS) is 16.2. The molecule has 10 heteroatoms. The number of nitrogens with one attached hydrogen (secondary N) is 3. The second kappa shape index (κ2) is 8.27. The van der Waals surface area contributed by atoms with Crippen molar-refractivity contribution in [1.82, 2.24) is 5.32 Å². The molecule has 0 bridgehead atoms. The fraction of sp³-hybridized carbons (Fsp3) is 0.158. The highest BCUT2D eigenvalue weighted by Crippen LogP contribution is 2.26. The van der Waals surface area contributed by atoms with Crippen LogP contribution in [-0.4, -0.2) is 30.3 Å². The third-order valence-electron chi connectivity index (χ3n) is 4.11. The standard InChI is InChI=1S/C19H16ClFN4O4/c1-10(26)23-11-3-2-4-12(7-11)24-17(27)14-9-22-19(29)25(18(14)28)13-5-6-16(21)15(20)8-13/h2-8,14H,9H2,1H3,(H,22,29)(H,23,26)(H,24,27). The molecule has 0 saturated carbocycles. The first-order valence-electron chi connectivity index (χ1n) is 8.51. The van der Waals surface area contributed by atoms with Gasteiger partial charge in [0.05, 0.1) is 10.7 Å². The molecule has 1 unspecified atom stereocenters. The van der Waals surface area contributed by atoms with E-state index in [-0.39, 0.29) is 23.2 Å². The molecule has 0 aromatic heterocycles. The van der Waals surface area contributed by atoms with Gasteiger partial charge in [-0.2, -0.15) is 0 Å². The number of imide groups is 1. The van der Waals surface area contributed by atoms with Gasteiger partial charge in [0.25, 0.3) is 0 Å². The predicted molar refractivity (Wildman–Crippen MR) is 105 cm³/mol. The molecule has 2 aromatic rings. The number of nitrogens with zero attached hydrogens (tertiary/aromatic N) is 1. The van der Waals surface area contributed by atoms with E-state index >= 15 is 0 Å². The van der Waals surface area contributed by atoms with Crippen molar-refractivity contribution < 1.29 is 23.6 Å². The van der Waals surface area contributed by atoms with Crippen LogP contribution >= 0.6 is 11.6 Å². The van der Waals surface area contributed by atoms with Gasteiger partial charge in [0, 0.05) is 24.8 Å². The van der Waals surface area contributed by atoms with E-state index in [9.17, 15) is 23.6 Å². The minimum absolute atomic E-state index is 0.0454. The van der Waals surface area contributed by atoms with Crippen molar-refractivity contribution in [2.45, 2.75) is 6.92 Å². The topological polar surface area (TPSA) is 108 Å². The van der Waals surface area contributed by atoms with Crippen LogP contribution in [0, 0.1) is 11.7 Å². The van der Waals surface area contributed by atoms with E-state index in [4.69, 9.17) is 11.6 Å². The van der Waals surface area contributed by atoms with Crippen LogP contribution in [0.3, 0.4) is 0 Å². The molecule has 29 heavy (non-hydrogen) atoms. The monoisotopic (exact) mass is 418 g/mol. The van der Waals surface area contributed by atoms with Crippen molar-refractivity contribution in [1.29, 1.82) is 0 Å². The number of amides is 5. The fourth-order valence-electron chi connectivity index (χ4n) is 2.79. The number of carbonyl (C=O) groups excluding carboxylic acids is 4. The molecule has 0 radical (unpaired) electrons. The number of rotatable bonds is 4. The summed E-state index contributed by atoms with van der Waals surface area (Å²) < 4.78 is 13.4. The minimum atomic E-state index is -1.21. The first-order chi connectivity index (χ1) is 13.8. The number of halogens is 2. The number of hydrogen-bond acceptors (Lipinski definition) is 4. The lowest BCUT2D eigenvalue weighted by atomic mass is 10.0. The van der Waals surface area contributed by atoms with Gasteiger partial charge in [0.1, 0.15) is 11.7 Å². The fourth-order valence-corrected chi connectivity index (χ4v) is 2.97. The Labute approximate surface area is 170 Å². The summed E-state index contributed by atoms with van der Waals surface area (Å²) in [6.45, 7) is 1.16. The second-order valence-corrected chi connectivity index (χ2v) is 6.67. The SMILES string of the molecule is CC(=O)Nc1cccc(NC(=O)C2CNC(=O)N(c3ccc(F)c(Cl)c3)C2=O)c1. The minimum Gasteiger partial charge on any atom is -0.336 e. The predicted octanol–water partition coefficient (Wildman–Crippen LogP) is 2.75. The number of benzene rings is 2. The Morgan fingerprint density at radius 2 is 1.83 bits per heavy atom. The average molecular weight is 419 g/mol. The van der Waals surface area contributed by atoms with E-state index in [0.29, 0.717) is 11.4 Å². The van der Waals surface area contributed by atoms with Crippen LogP contribution in [0.4, 0.5) is 26.2 Å². The summed E-state index contributed by atoms with van der Waals surface area (Å²) >= 11 is 5.73. The lowest BCUT2D eigenvalue weighted by molar-refractivity contribution is -0.130. The molecule has 5 amide bonds. The van der Waals surface area contributed by atoms with E-state index in [1.165, 1.54) is 19.1 Å². The van der Waals surface area contributed by atoms with Crippen molar-refractivity contribution in [3.05, 3.63) is 53.3 Å². The summed E-state index contributed by atoms with van der Waals surface area (Å²) in [6, 6.07) is 9.02. The van der Waals surface area contributed by atoms with E-state index in [1.807, 2.05) is 0 Å². The van der Waals surface area contributed by atoms with Crippen LogP contribution in [0.25, 0.3) is 0 Å². The molecule has 3 N–H and O–H groups in total. The van der Waals surface area contributed by atoms with Gasteiger partial charge in [-0.05, 0) is 36.4 Å². The van der Waals surface area contributed by atoms with Crippen LogP contribution in [0.15, 0.2) is 42.5 Å². The Bertz CT molecular complexity index is 1010. The largest absolute Gasteiger partial charge is 0.336 e. The number of anilines is 3. The molecule has 3 rings (SSSR count). The van der Waals surface area contributed by atoms with Gasteiger partial charge < -0.3 is 16.0 Å². The van der Waals surface area contributed by atoms with Crippen LogP contribution in [0.5, 0.6) is 0 Å². The summed E-state index contributed by atoms with van der Waals surface area (Å²) in [4.78, 5) is 49.5. The molecule has 150 valence electrons. The highest BCUT2D eigenvalue weighted by atomic mass is 35.5. The van der Waals surface area contributed by atoms with Crippen molar-refractivity contribution in [3.63, 3.8) is 0 Å². The maximum atomic E-state index is 13.4. The number of hydrogen-bond donors (Lipinski definition) is 3. The summed E-state index contributed by atoms with van der Waals surface area (Å²) in [5, 5.41) is 7.37. The average Bonchev–Trinajstić information content (AvgIpc) is 2.64. The van der Waals surface area contributed by atoms with E-state index < -0.39 is 29.6 Å². The quantitative estimate of drug-likeness (QED) is 0.663. The lowest BCUT2D eigenvalue weighted by Crippen LogP contribution is -2.58. The van der Waals surface area contributed by atoms with Gasteiger partial charge >= 0.3 is 6.03 Å². The van der Waals surface area contributed by atoms with Gasteiger partial charge in [0.15, 0.2) is 0 Å². The maximum Gasteiger partial charge on any atom is 0.328 e. The van der Waals surface area contributed by atoms with Crippen molar-refractivity contribution in [3.8, 4) is 0 Å². The van der Waals surface area contributed by atoms with E-state index in [2.05, 4.69) is 16.0 Å². The van der Waals surface area contributed by atoms with Gasteiger partial charge in [-0.15, -0.1) is 0 Å². The first kappa shape index (κ1) is 20.3. The second-order valence-electron chi connectivity index (χ2n) is 6.26. The lowest BCUT2D eigenvalue weighted by Gasteiger charge is -2.30.